The largest absolute Gasteiger partial charge is 0.458 e. The van der Waals surface area contributed by atoms with Gasteiger partial charge in [-0.15, -0.1) is 0 Å². The Balaban J connectivity index is 1.00. The first-order valence-electron chi connectivity index (χ1n) is 22.7. The van der Waals surface area contributed by atoms with Crippen molar-refractivity contribution in [3.8, 4) is 0 Å². The molecule has 0 aromatic heterocycles. The van der Waals surface area contributed by atoms with E-state index in [2.05, 4.69) is 49.6 Å². The number of esters is 1. The second-order valence-electron chi connectivity index (χ2n) is 19.8. The van der Waals surface area contributed by atoms with E-state index in [1.807, 2.05) is 72.8 Å². The van der Waals surface area contributed by atoms with Crippen LogP contribution in [0.3, 0.4) is 0 Å². The van der Waals surface area contributed by atoms with Gasteiger partial charge in [-0.2, -0.15) is 5.06 Å². The monoisotopic (exact) mass is 861 g/mol. The normalized spacial score (nSPS) is 36.2. The van der Waals surface area contributed by atoms with Crippen LogP contribution in [-0.2, 0) is 50.5 Å². The highest BCUT2D eigenvalue weighted by Crippen LogP contribution is 2.61. The average molecular weight is 862 g/mol. The molecule has 3 aliphatic carbocycles. The zero-order chi connectivity index (χ0) is 43.9. The van der Waals surface area contributed by atoms with Crippen LogP contribution in [0.25, 0.3) is 6.08 Å². The van der Waals surface area contributed by atoms with E-state index in [1.54, 1.807) is 5.06 Å². The fourth-order valence-electron chi connectivity index (χ4n) is 12.0. The van der Waals surface area contributed by atoms with Crippen LogP contribution in [-0.4, -0.2) is 101 Å². The number of carbonyl (C=O) groups is 3. The summed E-state index contributed by atoms with van der Waals surface area (Å²) in [5.41, 5.74) is 3.46. The lowest BCUT2D eigenvalue weighted by molar-refractivity contribution is -0.213. The summed E-state index contributed by atoms with van der Waals surface area (Å²) in [6, 6.07) is 24.7. The predicted molar refractivity (Wildman–Crippen MR) is 230 cm³/mol. The molecule has 0 radical (unpaired) electrons. The number of nitrogens with one attached hydrogen (secondary N) is 2. The Bertz CT molecular complexity index is 2230. The van der Waals surface area contributed by atoms with Crippen molar-refractivity contribution in [1.82, 2.24) is 15.7 Å². The summed E-state index contributed by atoms with van der Waals surface area (Å²) in [5.74, 6) is -2.30. The molecule has 12 atom stereocenters. The summed E-state index contributed by atoms with van der Waals surface area (Å²) in [7, 11) is 0. The second kappa shape index (κ2) is 15.9. The number of hydroxylamine groups is 2. The zero-order valence-corrected chi connectivity index (χ0v) is 36.4. The van der Waals surface area contributed by atoms with Crippen molar-refractivity contribution in [1.29, 1.82) is 0 Å². The molecule has 334 valence electrons. The molecular formula is C50H59N3O10. The van der Waals surface area contributed by atoms with Crippen LogP contribution in [0.1, 0.15) is 88.5 Å². The fourth-order valence-corrected chi connectivity index (χ4v) is 12.0. The molecule has 2 amide bonds. The highest BCUT2D eigenvalue weighted by Gasteiger charge is 2.77. The average Bonchev–Trinajstić information content (AvgIpc) is 3.54. The molecule has 7 fully saturated rings. The van der Waals surface area contributed by atoms with Gasteiger partial charge in [0.1, 0.15) is 35.9 Å². The third-order valence-electron chi connectivity index (χ3n) is 15.4. The summed E-state index contributed by atoms with van der Waals surface area (Å²) in [6.07, 6.45) is 3.03. The lowest BCUT2D eigenvalue weighted by atomic mass is 9.52. The summed E-state index contributed by atoms with van der Waals surface area (Å²) >= 11 is 0. The maximum Gasteiger partial charge on any atom is 0.327 e. The van der Waals surface area contributed by atoms with E-state index in [-0.39, 0.29) is 37.1 Å². The van der Waals surface area contributed by atoms with Gasteiger partial charge >= 0.3 is 5.97 Å². The van der Waals surface area contributed by atoms with Gasteiger partial charge in [0, 0.05) is 24.1 Å². The highest BCUT2D eigenvalue weighted by atomic mass is 16.8. The van der Waals surface area contributed by atoms with E-state index in [0.29, 0.717) is 29.1 Å². The van der Waals surface area contributed by atoms with E-state index >= 15 is 4.79 Å². The molecule has 7 aliphatic rings. The molecule has 3 saturated carbocycles. The van der Waals surface area contributed by atoms with Crippen molar-refractivity contribution >= 4 is 23.9 Å². The van der Waals surface area contributed by atoms with Crippen LogP contribution < -0.4 is 10.6 Å². The Morgan fingerprint density at radius 1 is 0.921 bits per heavy atom. The molecule has 2 bridgehead atoms. The summed E-state index contributed by atoms with van der Waals surface area (Å²) in [4.78, 5) is 49.9. The van der Waals surface area contributed by atoms with Crippen molar-refractivity contribution in [2.45, 2.75) is 133 Å². The van der Waals surface area contributed by atoms with Crippen molar-refractivity contribution in [3.05, 3.63) is 113 Å². The van der Waals surface area contributed by atoms with Crippen molar-refractivity contribution in [3.63, 3.8) is 0 Å². The number of epoxide rings is 1. The lowest BCUT2D eigenvalue weighted by Crippen LogP contribution is -2.71. The van der Waals surface area contributed by atoms with Crippen LogP contribution in [0.4, 0.5) is 0 Å². The van der Waals surface area contributed by atoms with Crippen LogP contribution >= 0.6 is 0 Å². The number of allylic oxidation sites excluding steroid dienone is 1. The van der Waals surface area contributed by atoms with E-state index in [9.17, 15) is 19.8 Å². The Morgan fingerprint density at radius 2 is 1.63 bits per heavy atom. The Hall–Kier alpha value is -4.47. The number of fused-ring (bicyclic) bond motifs is 6. The Labute approximate surface area is 368 Å². The minimum Gasteiger partial charge on any atom is -0.458 e. The van der Waals surface area contributed by atoms with E-state index in [4.69, 9.17) is 23.8 Å². The number of benzene rings is 3. The van der Waals surface area contributed by atoms with Gasteiger partial charge in [-0.25, -0.2) is 0 Å². The second-order valence-corrected chi connectivity index (χ2v) is 19.8. The molecule has 4 saturated heterocycles. The van der Waals surface area contributed by atoms with E-state index < -0.39 is 71.6 Å². The van der Waals surface area contributed by atoms with Gasteiger partial charge in [0.25, 0.3) is 0 Å². The van der Waals surface area contributed by atoms with Crippen molar-refractivity contribution < 1.29 is 48.4 Å². The number of amides is 2. The van der Waals surface area contributed by atoms with Crippen LogP contribution in [0, 0.1) is 22.7 Å². The molecule has 3 aromatic rings. The molecule has 3 aromatic carbocycles. The van der Waals surface area contributed by atoms with Crippen molar-refractivity contribution in [2.24, 2.45) is 22.7 Å². The van der Waals surface area contributed by atoms with Gasteiger partial charge in [-0.05, 0) is 74.3 Å². The smallest absolute Gasteiger partial charge is 0.327 e. The third kappa shape index (κ3) is 7.15. The SMILES string of the molecule is C[C@H](O)[C@@H](NC(=O)[C@@]12C[C@H]3OC(=O)[C@@H]1N(Cc1cccc(C=C4CCC5O[C@]5(C)CC[C@@H]5[C@@H]4CC5(C)C)c1)O[C@@H]2[C@H]1OC(c2ccccc2)(c2ccccc2)O[C@H]13)C(=O)NCCO. The molecule has 13 heteroatoms. The molecule has 63 heavy (non-hydrogen) atoms. The van der Waals surface area contributed by atoms with Gasteiger partial charge in [-0.1, -0.05) is 110 Å². The maximum absolute atomic E-state index is 15.1. The van der Waals surface area contributed by atoms with Gasteiger partial charge in [0.05, 0.1) is 31.0 Å². The number of hydrogen-bond donors (Lipinski definition) is 4. The first kappa shape index (κ1) is 42.5. The minimum atomic E-state index is -1.62. The Kier molecular flexibility index (Phi) is 10.7. The van der Waals surface area contributed by atoms with Crippen LogP contribution in [0.2, 0.25) is 0 Å². The van der Waals surface area contributed by atoms with Crippen LogP contribution in [0.15, 0.2) is 90.5 Å². The van der Waals surface area contributed by atoms with Gasteiger partial charge in [0.15, 0.2) is 6.04 Å². The summed E-state index contributed by atoms with van der Waals surface area (Å²) in [6.45, 7) is 8.19. The first-order valence-corrected chi connectivity index (χ1v) is 22.7. The molecule has 13 nitrogen and oxygen atoms in total. The number of carbonyl (C=O) groups excluding carboxylic acids is 3. The van der Waals surface area contributed by atoms with Gasteiger partial charge in [-0.3, -0.25) is 19.2 Å². The standard InChI is InChI=1S/C50H59N3O10/c1-29(55)39(44(56)51-22-23-54)52-46(58)49-27-37-40-41(62-50(61-40,33-14-7-5-8-15-33)34-16-9-6-10-17-34)43(49)63-53(42(49)45(57)59-37)28-31-13-11-12-30(24-31)25-32-18-19-38-48(4,60-38)21-20-36-35(32)26-47(36,2)3/h5-17,24-25,29,35-43,54-55H,18-23,26-28H2,1-4H3,(H,51,56)(H,52,58)/t29-,35+,36+,37+,38?,39+,40-,41-,42-,43+,48+,49-/m0/s1. The zero-order valence-electron chi connectivity index (χ0n) is 36.4. The number of nitrogens with zero attached hydrogens (tertiary/aromatic N) is 1. The first-order chi connectivity index (χ1) is 30.3. The Morgan fingerprint density at radius 3 is 2.32 bits per heavy atom. The summed E-state index contributed by atoms with van der Waals surface area (Å²) in [5, 5.41) is 27.1. The fraction of sp³-hybridized carbons (Fsp3) is 0.540. The molecule has 1 unspecified atom stereocenters. The number of rotatable bonds is 11. The topological polar surface area (TPSA) is 168 Å². The highest BCUT2D eigenvalue weighted by molar-refractivity contribution is 5.96. The van der Waals surface area contributed by atoms with Gasteiger partial charge < -0.3 is 39.8 Å². The van der Waals surface area contributed by atoms with E-state index in [0.717, 1.165) is 43.2 Å². The molecule has 10 rings (SSSR count). The predicted octanol–water partition coefficient (Wildman–Crippen LogP) is 4.92. The molecule has 0 spiro atoms. The molecular weight excluding hydrogens is 803 g/mol. The maximum atomic E-state index is 15.1. The third-order valence-corrected chi connectivity index (χ3v) is 15.4. The number of hydrogen-bond acceptors (Lipinski definition) is 11. The lowest BCUT2D eigenvalue weighted by Gasteiger charge is -2.53. The number of ether oxygens (including phenoxy) is 4. The molecule has 4 heterocycles. The molecule has 4 N–H and O–H groups in total. The van der Waals surface area contributed by atoms with E-state index in [1.165, 1.54) is 12.5 Å². The van der Waals surface area contributed by atoms with Gasteiger partial charge in [0.2, 0.25) is 17.6 Å². The van der Waals surface area contributed by atoms with Crippen molar-refractivity contribution in [2.75, 3.05) is 13.2 Å². The molecule has 4 aliphatic heterocycles. The number of aliphatic hydroxyl groups is 2. The van der Waals surface area contributed by atoms with Crippen LogP contribution in [0.5, 0.6) is 0 Å². The minimum absolute atomic E-state index is 0.00308. The summed E-state index contributed by atoms with van der Waals surface area (Å²) < 4.78 is 26.6. The number of aliphatic hydroxyl groups excluding tert-OH is 2. The quantitative estimate of drug-likeness (QED) is 0.153.